The molecule has 0 aromatic carbocycles. The van der Waals surface area contributed by atoms with E-state index >= 15 is 0 Å². The van der Waals surface area contributed by atoms with Gasteiger partial charge in [-0.15, -0.1) is 11.8 Å². The van der Waals surface area contributed by atoms with Gasteiger partial charge >= 0.3 is 5.97 Å². The molecule has 0 atom stereocenters. The van der Waals surface area contributed by atoms with Gasteiger partial charge in [0, 0.05) is 5.75 Å². The third-order valence-electron chi connectivity index (χ3n) is 5.53. The van der Waals surface area contributed by atoms with E-state index in [4.69, 9.17) is 9.29 Å². The summed E-state index contributed by atoms with van der Waals surface area (Å²) < 4.78 is 36.1. The Hall–Kier alpha value is -1.06. The number of carbonyl (C=O) groups excluding carboxylic acids is 2. The lowest BCUT2D eigenvalue weighted by Gasteiger charge is -2.24. The predicted octanol–water partition coefficient (Wildman–Crippen LogP) is 6.29. The summed E-state index contributed by atoms with van der Waals surface area (Å²) in [5, 5.41) is 2.52. The summed E-state index contributed by atoms with van der Waals surface area (Å²) in [6, 6.07) is 0. The van der Waals surface area contributed by atoms with Crippen molar-refractivity contribution in [3.05, 3.63) is 18.6 Å². The minimum atomic E-state index is -4.19. The van der Waals surface area contributed by atoms with Crippen LogP contribution >= 0.6 is 11.8 Å². The molecule has 0 heterocycles. The van der Waals surface area contributed by atoms with E-state index in [1.165, 1.54) is 103 Å². The van der Waals surface area contributed by atoms with Crippen LogP contribution in [0.2, 0.25) is 0 Å². The average molecular weight is 549 g/mol. The van der Waals surface area contributed by atoms with Crippen LogP contribution in [0.25, 0.3) is 0 Å². The van der Waals surface area contributed by atoms with Crippen LogP contribution in [0.3, 0.4) is 0 Å². The average Bonchev–Trinajstić information content (AvgIpc) is 2.76. The minimum Gasteiger partial charge on any atom is -0.465 e. The fourth-order valence-corrected chi connectivity index (χ4v) is 5.35. The lowest BCUT2D eigenvalue weighted by Crippen LogP contribution is -2.48. The first-order chi connectivity index (χ1) is 17.1. The van der Waals surface area contributed by atoms with Crippen molar-refractivity contribution in [2.24, 2.45) is 0 Å². The van der Waals surface area contributed by atoms with Gasteiger partial charge in [-0.2, -0.15) is 8.42 Å². The summed E-state index contributed by atoms with van der Waals surface area (Å²) in [5.74, 6) is -0.862. The Morgan fingerprint density at radius 3 is 1.97 bits per heavy atom. The highest BCUT2D eigenvalue weighted by Crippen LogP contribution is 2.11. The number of carbonyl (C=O) groups is 2. The van der Waals surface area contributed by atoms with Gasteiger partial charge in [-0.25, -0.2) is 0 Å². The van der Waals surface area contributed by atoms with Crippen LogP contribution in [0.1, 0.15) is 111 Å². The van der Waals surface area contributed by atoms with Crippen molar-refractivity contribution in [3.63, 3.8) is 0 Å². The van der Waals surface area contributed by atoms with E-state index in [-0.39, 0.29) is 11.7 Å². The van der Waals surface area contributed by atoms with E-state index in [2.05, 4.69) is 24.4 Å². The number of unbranched alkanes of at least 4 members (excludes halogenated alkanes) is 12. The molecule has 0 aromatic heterocycles. The van der Waals surface area contributed by atoms with Gasteiger partial charge in [0.25, 0.3) is 10.1 Å². The van der Waals surface area contributed by atoms with Gasteiger partial charge in [0.15, 0.2) is 0 Å². The fraction of sp³-hybridized carbons (Fsp3) is 0.815. The molecular formula is C27H50NO6S2. The topological polar surface area (TPSA) is 110 Å². The summed E-state index contributed by atoms with van der Waals surface area (Å²) in [6.07, 6.45) is 23.3. The van der Waals surface area contributed by atoms with Gasteiger partial charge in [-0.05, 0) is 46.0 Å². The number of rotatable bonds is 24. The summed E-state index contributed by atoms with van der Waals surface area (Å²) in [6.45, 7) is 5.69. The lowest BCUT2D eigenvalue weighted by atomic mass is 10.1. The van der Waals surface area contributed by atoms with E-state index in [0.717, 1.165) is 19.3 Å². The highest BCUT2D eigenvalue weighted by molar-refractivity contribution is 8.00. The van der Waals surface area contributed by atoms with Crippen molar-refractivity contribution in [2.75, 3.05) is 23.9 Å². The van der Waals surface area contributed by atoms with Gasteiger partial charge in [0.1, 0.15) is 0 Å². The third kappa shape index (κ3) is 26.0. The predicted molar refractivity (Wildman–Crippen MR) is 151 cm³/mol. The number of amides is 1. The molecule has 0 aliphatic carbocycles. The van der Waals surface area contributed by atoms with Crippen molar-refractivity contribution in [1.29, 1.82) is 0 Å². The van der Waals surface area contributed by atoms with E-state index in [0.29, 0.717) is 12.4 Å². The molecule has 2 N–H and O–H groups in total. The van der Waals surface area contributed by atoms with Crippen LogP contribution in [0, 0.1) is 6.42 Å². The summed E-state index contributed by atoms with van der Waals surface area (Å²) in [7, 11) is -4.19. The molecule has 0 aliphatic heterocycles. The second-order valence-corrected chi connectivity index (χ2v) is 12.5. The molecule has 0 fully saturated rings. The number of esters is 1. The molecule has 7 nitrogen and oxygen atoms in total. The molecule has 0 saturated carbocycles. The normalized spacial score (nSPS) is 12.2. The molecule has 0 saturated heterocycles. The van der Waals surface area contributed by atoms with Gasteiger partial charge in [0.05, 0.1) is 30.1 Å². The van der Waals surface area contributed by atoms with Gasteiger partial charge < -0.3 is 10.1 Å². The Labute approximate surface area is 224 Å². The van der Waals surface area contributed by atoms with Crippen molar-refractivity contribution >= 4 is 33.8 Å². The maximum absolute atomic E-state index is 11.9. The Morgan fingerprint density at radius 2 is 1.42 bits per heavy atom. The highest BCUT2D eigenvalue weighted by atomic mass is 32.2. The number of hydrogen-bond donors (Lipinski definition) is 2. The van der Waals surface area contributed by atoms with E-state index in [1.807, 2.05) is 0 Å². The summed E-state index contributed by atoms with van der Waals surface area (Å²) in [5.41, 5.74) is -1.09. The molecule has 0 unspecified atom stereocenters. The van der Waals surface area contributed by atoms with Crippen LogP contribution in [0.4, 0.5) is 0 Å². The molecule has 1 amide bonds. The van der Waals surface area contributed by atoms with Gasteiger partial charge in [-0.3, -0.25) is 14.1 Å². The minimum absolute atomic E-state index is 0.157. The van der Waals surface area contributed by atoms with Crippen LogP contribution in [0.15, 0.2) is 12.2 Å². The molecule has 0 aromatic rings. The maximum atomic E-state index is 11.9. The maximum Gasteiger partial charge on any atom is 0.315 e. The van der Waals surface area contributed by atoms with Gasteiger partial charge in [-0.1, -0.05) is 76.9 Å². The van der Waals surface area contributed by atoms with E-state index in [9.17, 15) is 18.0 Å². The Morgan fingerprint density at radius 1 is 0.889 bits per heavy atom. The molecule has 211 valence electrons. The number of thioether (sulfide) groups is 1. The monoisotopic (exact) mass is 548 g/mol. The number of hydrogen-bond acceptors (Lipinski definition) is 6. The van der Waals surface area contributed by atoms with E-state index in [1.54, 1.807) is 0 Å². The molecule has 0 rings (SSSR count). The van der Waals surface area contributed by atoms with Crippen LogP contribution in [-0.2, 0) is 24.4 Å². The first-order valence-corrected chi connectivity index (χ1v) is 16.3. The molecule has 0 aliphatic rings. The number of ether oxygens (including phenoxy) is 1. The lowest BCUT2D eigenvalue weighted by molar-refractivity contribution is -0.140. The zero-order valence-electron chi connectivity index (χ0n) is 22.8. The first kappa shape index (κ1) is 34.9. The van der Waals surface area contributed by atoms with Crippen LogP contribution in [-0.4, -0.2) is 54.3 Å². The second-order valence-electron chi connectivity index (χ2n) is 9.98. The molecule has 36 heavy (non-hydrogen) atoms. The molecule has 0 bridgehead atoms. The Balaban J connectivity index is 3.50. The largest absolute Gasteiger partial charge is 0.465 e. The van der Waals surface area contributed by atoms with Crippen LogP contribution < -0.4 is 5.32 Å². The fourth-order valence-electron chi connectivity index (χ4n) is 3.73. The first-order valence-electron chi connectivity index (χ1n) is 13.5. The number of allylic oxidation sites excluding steroid dienone is 2. The highest BCUT2D eigenvalue weighted by Gasteiger charge is 2.26. The Kier molecular flexibility index (Phi) is 21.3. The number of nitrogens with one attached hydrogen (secondary N) is 1. The van der Waals surface area contributed by atoms with Crippen LogP contribution in [0.5, 0.6) is 0 Å². The quantitative estimate of drug-likeness (QED) is 0.0631. The third-order valence-corrected chi connectivity index (χ3v) is 7.46. The van der Waals surface area contributed by atoms with Crippen molar-refractivity contribution in [3.8, 4) is 0 Å². The summed E-state index contributed by atoms with van der Waals surface area (Å²) >= 11 is 1.25. The smallest absolute Gasteiger partial charge is 0.315 e. The van der Waals surface area contributed by atoms with Crippen molar-refractivity contribution in [1.82, 2.24) is 5.32 Å². The Bertz CT molecular complexity index is 707. The zero-order valence-corrected chi connectivity index (χ0v) is 24.4. The van der Waals surface area contributed by atoms with Crippen molar-refractivity contribution < 1.29 is 27.3 Å². The molecule has 0 spiro atoms. The SMILES string of the molecule is CCCCCCCC/C=C/CCCCCCCCOC(=O)CSC[CH]C(=O)NC(C)(C)CS(=O)(=O)O. The molecular weight excluding hydrogens is 498 g/mol. The van der Waals surface area contributed by atoms with Crippen molar-refractivity contribution in [2.45, 2.75) is 116 Å². The second kappa shape index (κ2) is 22.0. The standard InChI is InChI=1S/C27H50NO6S2/c1-4-5-6-7-8-9-10-11-12-13-14-15-16-17-18-19-21-34-26(30)23-35-22-20-25(29)28-27(2,3)24-36(31,32)33/h11-12,20H,4-10,13-19,21-24H2,1-3H3,(H,28,29)(H,31,32,33)/b12-11+. The molecule has 9 heteroatoms. The summed E-state index contributed by atoms with van der Waals surface area (Å²) in [4.78, 5) is 23.6. The van der Waals surface area contributed by atoms with E-state index < -0.39 is 27.3 Å². The molecule has 1 radical (unpaired) electrons. The van der Waals surface area contributed by atoms with Gasteiger partial charge in [0.2, 0.25) is 5.91 Å². The zero-order chi connectivity index (χ0) is 27.1.